The Balaban J connectivity index is 0.00000341. The molecule has 4 N–H and O–H groups in total. The number of hydrogen-bond donors (Lipinski definition) is 3. The molecule has 1 aromatic heterocycles. The number of aromatic nitrogens is 1. The van der Waals surface area contributed by atoms with Gasteiger partial charge in [0.05, 0.1) is 0 Å². The lowest BCUT2D eigenvalue weighted by molar-refractivity contribution is -0.122. The molecular weight excluding hydrogens is 503 g/mol. The summed E-state index contributed by atoms with van der Waals surface area (Å²) in [5.41, 5.74) is 7.04. The van der Waals surface area contributed by atoms with E-state index in [0.29, 0.717) is 12.0 Å². The van der Waals surface area contributed by atoms with Gasteiger partial charge >= 0.3 is 0 Å². The van der Waals surface area contributed by atoms with Gasteiger partial charge in [0.1, 0.15) is 5.82 Å². The first-order chi connectivity index (χ1) is 14.4. The average molecular weight is 543 g/mol. The molecule has 2 aliphatic rings. The molecule has 7 nitrogen and oxygen atoms in total. The summed E-state index contributed by atoms with van der Waals surface area (Å²) in [4.78, 5) is 22.8. The summed E-state index contributed by atoms with van der Waals surface area (Å²) in [6.45, 7) is 7.87. The van der Waals surface area contributed by atoms with Gasteiger partial charge in [0.25, 0.3) is 0 Å². The minimum Gasteiger partial charge on any atom is -0.369 e. The molecule has 1 aromatic rings. The van der Waals surface area contributed by atoms with Crippen LogP contribution in [-0.4, -0.2) is 43.5 Å². The first-order valence-corrected chi connectivity index (χ1v) is 11.3. The van der Waals surface area contributed by atoms with Crippen LogP contribution in [0.5, 0.6) is 0 Å². The highest BCUT2D eigenvalue weighted by Gasteiger charge is 2.37. The Morgan fingerprint density at radius 1 is 1.32 bits per heavy atom. The monoisotopic (exact) mass is 542 g/mol. The number of carbonyl (C=O) groups is 1. The van der Waals surface area contributed by atoms with E-state index < -0.39 is 0 Å². The van der Waals surface area contributed by atoms with E-state index in [1.807, 2.05) is 19.3 Å². The number of halogens is 1. The topological polar surface area (TPSA) is 95.6 Å². The molecule has 1 aliphatic carbocycles. The molecule has 0 aromatic carbocycles. The van der Waals surface area contributed by atoms with Gasteiger partial charge < -0.3 is 21.3 Å². The predicted molar refractivity (Wildman–Crippen MR) is 138 cm³/mol. The maximum absolute atomic E-state index is 11.4. The Hall–Kier alpha value is -1.58. The van der Waals surface area contributed by atoms with Crippen molar-refractivity contribution >= 4 is 41.7 Å². The van der Waals surface area contributed by atoms with Gasteiger partial charge in [-0.3, -0.25) is 9.79 Å². The number of pyridine rings is 1. The van der Waals surface area contributed by atoms with Crippen molar-refractivity contribution in [1.82, 2.24) is 15.6 Å². The van der Waals surface area contributed by atoms with Crippen molar-refractivity contribution in [2.75, 3.05) is 31.6 Å². The van der Waals surface area contributed by atoms with Crippen molar-refractivity contribution in [3.05, 3.63) is 23.9 Å². The van der Waals surface area contributed by atoms with E-state index >= 15 is 0 Å². The third kappa shape index (κ3) is 6.95. The predicted octanol–water partition coefficient (Wildman–Crippen LogP) is 3.28. The zero-order valence-electron chi connectivity index (χ0n) is 19.2. The minimum absolute atomic E-state index is 0. The van der Waals surface area contributed by atoms with Crippen LogP contribution in [0.2, 0.25) is 0 Å². The fourth-order valence-corrected chi connectivity index (χ4v) is 4.90. The van der Waals surface area contributed by atoms with Crippen molar-refractivity contribution in [2.45, 2.75) is 58.9 Å². The summed E-state index contributed by atoms with van der Waals surface area (Å²) in [6.07, 6.45) is 8.64. The molecule has 0 atom stereocenters. The molecule has 1 saturated heterocycles. The van der Waals surface area contributed by atoms with E-state index in [0.717, 1.165) is 55.7 Å². The molecule has 1 aliphatic heterocycles. The van der Waals surface area contributed by atoms with Crippen molar-refractivity contribution in [1.29, 1.82) is 0 Å². The van der Waals surface area contributed by atoms with Gasteiger partial charge in [-0.25, -0.2) is 4.98 Å². The molecule has 2 fully saturated rings. The normalized spacial score (nSPS) is 18.8. The molecular formula is C23H39IN6O. The number of guanidine groups is 1. The zero-order valence-corrected chi connectivity index (χ0v) is 21.5. The summed E-state index contributed by atoms with van der Waals surface area (Å²) >= 11 is 0. The molecule has 31 heavy (non-hydrogen) atoms. The number of rotatable bonds is 8. The minimum atomic E-state index is -0.186. The molecule has 1 amide bonds. The van der Waals surface area contributed by atoms with E-state index in [-0.39, 0.29) is 35.8 Å². The van der Waals surface area contributed by atoms with Gasteiger partial charge in [0.2, 0.25) is 5.91 Å². The summed E-state index contributed by atoms with van der Waals surface area (Å²) in [7, 11) is 1.82. The van der Waals surface area contributed by atoms with Gasteiger partial charge in [-0.1, -0.05) is 26.3 Å². The fraction of sp³-hybridized carbons (Fsp3) is 0.696. The van der Waals surface area contributed by atoms with E-state index in [2.05, 4.69) is 45.4 Å². The molecule has 1 saturated carbocycles. The van der Waals surface area contributed by atoms with Crippen molar-refractivity contribution in [3.8, 4) is 0 Å². The number of aliphatic imine (C=N–C) groups is 1. The van der Waals surface area contributed by atoms with Crippen LogP contribution in [0.15, 0.2) is 23.3 Å². The lowest BCUT2D eigenvalue weighted by atomic mass is 9.64. The highest BCUT2D eigenvalue weighted by Crippen LogP contribution is 2.45. The first kappa shape index (κ1) is 25.7. The maximum Gasteiger partial charge on any atom is 0.220 e. The number of nitrogens with zero attached hydrogens (tertiary/aromatic N) is 3. The highest BCUT2D eigenvalue weighted by atomic mass is 127. The number of nitrogens with two attached hydrogens (primary N) is 1. The third-order valence-corrected chi connectivity index (χ3v) is 6.62. The van der Waals surface area contributed by atoms with Crippen LogP contribution in [0.1, 0.15) is 57.9 Å². The number of amides is 1. The largest absolute Gasteiger partial charge is 0.369 e. The van der Waals surface area contributed by atoms with Gasteiger partial charge in [-0.2, -0.15) is 0 Å². The highest BCUT2D eigenvalue weighted by molar-refractivity contribution is 14.0. The summed E-state index contributed by atoms with van der Waals surface area (Å²) in [5.74, 6) is 2.35. The Morgan fingerprint density at radius 2 is 2.03 bits per heavy atom. The summed E-state index contributed by atoms with van der Waals surface area (Å²) < 4.78 is 0. The quantitative estimate of drug-likeness (QED) is 0.266. The maximum atomic E-state index is 11.4. The molecule has 0 radical (unpaired) electrons. The van der Waals surface area contributed by atoms with Crippen molar-refractivity contribution < 1.29 is 4.79 Å². The Bertz CT molecular complexity index is 741. The Morgan fingerprint density at radius 3 is 2.58 bits per heavy atom. The van der Waals surface area contributed by atoms with E-state index in [1.165, 1.54) is 25.7 Å². The zero-order chi connectivity index (χ0) is 21.6. The van der Waals surface area contributed by atoms with Gasteiger partial charge in [0, 0.05) is 50.9 Å². The van der Waals surface area contributed by atoms with Crippen LogP contribution in [-0.2, 0) is 11.3 Å². The molecule has 3 rings (SSSR count). The molecule has 174 valence electrons. The number of hydrogen-bond acceptors (Lipinski definition) is 4. The van der Waals surface area contributed by atoms with Crippen LogP contribution in [0, 0.1) is 17.3 Å². The summed E-state index contributed by atoms with van der Waals surface area (Å²) in [6, 6.07) is 4.08. The van der Waals surface area contributed by atoms with Crippen LogP contribution < -0.4 is 21.3 Å². The number of piperidine rings is 1. The second kappa shape index (κ2) is 11.9. The molecule has 0 unspecified atom stereocenters. The van der Waals surface area contributed by atoms with Crippen LogP contribution in [0.3, 0.4) is 0 Å². The first-order valence-electron chi connectivity index (χ1n) is 11.3. The van der Waals surface area contributed by atoms with E-state index in [4.69, 9.17) is 5.73 Å². The molecule has 8 heteroatoms. The van der Waals surface area contributed by atoms with Gasteiger partial charge in [-0.15, -0.1) is 24.0 Å². The lowest BCUT2D eigenvalue weighted by Crippen LogP contribution is -2.47. The Labute approximate surface area is 204 Å². The van der Waals surface area contributed by atoms with E-state index in [1.54, 1.807) is 0 Å². The molecule has 0 spiro atoms. The smallest absolute Gasteiger partial charge is 0.220 e. The number of anilines is 1. The third-order valence-electron chi connectivity index (χ3n) is 6.62. The molecule has 0 bridgehead atoms. The number of carbonyl (C=O) groups excluding carboxylic acids is 1. The van der Waals surface area contributed by atoms with Crippen molar-refractivity contribution in [3.63, 3.8) is 0 Å². The molecule has 2 heterocycles. The standard InChI is InChI=1S/C23H38N6O.HI/c1-17(2)14-23(9-5-10-23)16-28-22(25-3)27-15-19-6-4-11-26-21(19)29-12-7-18(8-13-29)20(24)30;/h4,6,11,17-18H,5,7-10,12-16H2,1-3H3,(H2,24,30)(H2,25,27,28);1H. The second-order valence-corrected chi connectivity index (χ2v) is 9.38. The van der Waals surface area contributed by atoms with Crippen molar-refractivity contribution in [2.24, 2.45) is 28.0 Å². The van der Waals surface area contributed by atoms with E-state index in [9.17, 15) is 4.79 Å². The average Bonchev–Trinajstić information content (AvgIpc) is 2.71. The SMILES string of the molecule is CN=C(NCc1cccnc1N1CCC(C(N)=O)CC1)NCC1(CC(C)C)CCC1.I. The lowest BCUT2D eigenvalue weighted by Gasteiger charge is -2.43. The van der Waals surface area contributed by atoms with Crippen LogP contribution in [0.25, 0.3) is 0 Å². The number of primary amides is 1. The fourth-order valence-electron chi connectivity index (χ4n) is 4.90. The summed E-state index contributed by atoms with van der Waals surface area (Å²) in [5, 5.41) is 7.02. The second-order valence-electron chi connectivity index (χ2n) is 9.38. The van der Waals surface area contributed by atoms with Crippen LogP contribution in [0.4, 0.5) is 5.82 Å². The number of nitrogens with one attached hydrogen (secondary N) is 2. The Kier molecular flexibility index (Phi) is 9.84. The van der Waals surface area contributed by atoms with Crippen LogP contribution >= 0.6 is 24.0 Å². The van der Waals surface area contributed by atoms with Gasteiger partial charge in [0.15, 0.2) is 5.96 Å². The van der Waals surface area contributed by atoms with Gasteiger partial charge in [-0.05, 0) is 49.5 Å².